The van der Waals surface area contributed by atoms with E-state index in [-0.39, 0.29) is 11.5 Å². The number of carbonyl (C=O) groups is 1. The molecular weight excluding hydrogens is 315 g/mol. The Kier molecular flexibility index (Phi) is 4.66. The molecule has 1 aliphatic rings. The number of aromatic amines is 1. The molecule has 0 bridgehead atoms. The normalized spacial score (nSPS) is 18.3. The first-order valence-electron chi connectivity index (χ1n) is 8.02. The van der Waals surface area contributed by atoms with E-state index >= 15 is 0 Å². The van der Waals surface area contributed by atoms with E-state index in [0.29, 0.717) is 38.2 Å². The molecule has 1 amide bonds. The zero-order valence-corrected chi connectivity index (χ0v) is 13.8. The standard InChI is InChI=1S/C16H21FN4O3/c1-10-13(11(2)21-14(18-10)7-15(22)19-21)3-4-16(23)20-5-6-24-12(8-17)9-20/h7,12H,3-6,8-9H2,1-2H3,(H,19,22). The smallest absolute Gasteiger partial charge is 0.266 e. The summed E-state index contributed by atoms with van der Waals surface area (Å²) >= 11 is 0. The molecule has 7 nitrogen and oxygen atoms in total. The van der Waals surface area contributed by atoms with Gasteiger partial charge in [0, 0.05) is 37.0 Å². The van der Waals surface area contributed by atoms with Gasteiger partial charge in [-0.3, -0.25) is 14.7 Å². The molecule has 8 heteroatoms. The van der Waals surface area contributed by atoms with Crippen LogP contribution in [0.1, 0.15) is 23.4 Å². The number of halogens is 1. The molecule has 0 spiro atoms. The van der Waals surface area contributed by atoms with E-state index in [1.807, 2.05) is 13.8 Å². The van der Waals surface area contributed by atoms with Crippen LogP contribution in [0.4, 0.5) is 4.39 Å². The molecule has 2 aromatic heterocycles. The van der Waals surface area contributed by atoms with Crippen molar-refractivity contribution in [1.82, 2.24) is 19.5 Å². The predicted octanol–water partition coefficient (Wildman–Crippen LogP) is 0.769. The molecule has 3 heterocycles. The summed E-state index contributed by atoms with van der Waals surface area (Å²) in [5.74, 6) is -0.0170. The summed E-state index contributed by atoms with van der Waals surface area (Å²) in [6, 6.07) is 1.44. The molecule has 0 radical (unpaired) electrons. The monoisotopic (exact) mass is 336 g/mol. The SMILES string of the molecule is Cc1nc2cc(=O)[nH]n2c(C)c1CCC(=O)N1CCOC(CF)C1. The zero-order valence-electron chi connectivity index (χ0n) is 13.8. The minimum absolute atomic E-state index is 0.0170. The molecule has 1 unspecified atom stereocenters. The number of carbonyl (C=O) groups excluding carboxylic acids is 1. The maximum absolute atomic E-state index is 12.7. The van der Waals surface area contributed by atoms with E-state index in [1.165, 1.54) is 6.07 Å². The summed E-state index contributed by atoms with van der Waals surface area (Å²) in [4.78, 5) is 29.9. The van der Waals surface area contributed by atoms with Crippen molar-refractivity contribution in [3.63, 3.8) is 0 Å². The van der Waals surface area contributed by atoms with Gasteiger partial charge in [-0.25, -0.2) is 13.9 Å². The third-order valence-corrected chi connectivity index (χ3v) is 4.45. The number of rotatable bonds is 4. The van der Waals surface area contributed by atoms with E-state index in [2.05, 4.69) is 10.1 Å². The van der Waals surface area contributed by atoms with Gasteiger partial charge in [-0.15, -0.1) is 0 Å². The molecule has 1 saturated heterocycles. The first-order valence-corrected chi connectivity index (χ1v) is 8.02. The highest BCUT2D eigenvalue weighted by Crippen LogP contribution is 2.16. The third-order valence-electron chi connectivity index (χ3n) is 4.45. The van der Waals surface area contributed by atoms with E-state index in [1.54, 1.807) is 9.42 Å². The van der Waals surface area contributed by atoms with Gasteiger partial charge in [0.05, 0.1) is 6.61 Å². The van der Waals surface area contributed by atoms with Crippen LogP contribution < -0.4 is 5.56 Å². The molecule has 0 aromatic carbocycles. The third kappa shape index (κ3) is 3.19. The summed E-state index contributed by atoms with van der Waals surface area (Å²) in [7, 11) is 0. The van der Waals surface area contributed by atoms with Crippen LogP contribution >= 0.6 is 0 Å². The Balaban J connectivity index is 1.73. The fourth-order valence-electron chi connectivity index (χ4n) is 3.15. The largest absolute Gasteiger partial charge is 0.372 e. The van der Waals surface area contributed by atoms with Crippen LogP contribution in [-0.4, -0.2) is 57.9 Å². The lowest BCUT2D eigenvalue weighted by molar-refractivity contribution is -0.139. The van der Waals surface area contributed by atoms with Crippen molar-refractivity contribution in [2.45, 2.75) is 32.8 Å². The van der Waals surface area contributed by atoms with E-state index < -0.39 is 12.8 Å². The number of alkyl halides is 1. The molecule has 1 fully saturated rings. The van der Waals surface area contributed by atoms with Gasteiger partial charge in [-0.2, -0.15) is 0 Å². The van der Waals surface area contributed by atoms with Crippen molar-refractivity contribution in [2.75, 3.05) is 26.4 Å². The second-order valence-corrected chi connectivity index (χ2v) is 6.06. The summed E-state index contributed by atoms with van der Waals surface area (Å²) in [5, 5.41) is 2.70. The maximum atomic E-state index is 12.7. The van der Waals surface area contributed by atoms with Crippen LogP contribution in [0.3, 0.4) is 0 Å². The number of hydrogen-bond acceptors (Lipinski definition) is 4. The van der Waals surface area contributed by atoms with Gasteiger partial charge >= 0.3 is 0 Å². The number of H-pyrrole nitrogens is 1. The van der Waals surface area contributed by atoms with Gasteiger partial charge < -0.3 is 9.64 Å². The average Bonchev–Trinajstić information content (AvgIpc) is 2.95. The number of hydrogen-bond donors (Lipinski definition) is 1. The summed E-state index contributed by atoms with van der Waals surface area (Å²) in [5.41, 5.74) is 2.99. The molecular formula is C16H21FN4O3. The molecule has 130 valence electrons. The molecule has 0 aliphatic carbocycles. The average molecular weight is 336 g/mol. The Morgan fingerprint density at radius 2 is 2.29 bits per heavy atom. The fourth-order valence-corrected chi connectivity index (χ4v) is 3.15. The number of amides is 1. The second kappa shape index (κ2) is 6.72. The van der Waals surface area contributed by atoms with Gasteiger partial charge in [0.15, 0.2) is 5.65 Å². The van der Waals surface area contributed by atoms with Crippen LogP contribution in [0.5, 0.6) is 0 Å². The highest BCUT2D eigenvalue weighted by molar-refractivity contribution is 5.76. The van der Waals surface area contributed by atoms with Crippen molar-refractivity contribution in [1.29, 1.82) is 0 Å². The summed E-state index contributed by atoms with van der Waals surface area (Å²) < 4.78 is 19.6. The van der Waals surface area contributed by atoms with Crippen LogP contribution in [0.25, 0.3) is 5.65 Å². The number of ether oxygens (including phenoxy) is 1. The lowest BCUT2D eigenvalue weighted by Crippen LogP contribution is -2.46. The Bertz CT molecular complexity index is 813. The van der Waals surface area contributed by atoms with Crippen molar-refractivity contribution in [3.05, 3.63) is 33.4 Å². The van der Waals surface area contributed by atoms with Crippen molar-refractivity contribution in [3.8, 4) is 0 Å². The van der Waals surface area contributed by atoms with Crippen molar-refractivity contribution >= 4 is 11.6 Å². The molecule has 0 saturated carbocycles. The lowest BCUT2D eigenvalue weighted by atomic mass is 10.1. The van der Waals surface area contributed by atoms with Crippen LogP contribution in [0.2, 0.25) is 0 Å². The van der Waals surface area contributed by atoms with Crippen molar-refractivity contribution in [2.24, 2.45) is 0 Å². The van der Waals surface area contributed by atoms with Crippen LogP contribution in [0, 0.1) is 13.8 Å². The molecule has 1 N–H and O–H groups in total. The van der Waals surface area contributed by atoms with Gasteiger partial charge in [0.2, 0.25) is 5.91 Å². The second-order valence-electron chi connectivity index (χ2n) is 6.06. The van der Waals surface area contributed by atoms with Gasteiger partial charge in [0.25, 0.3) is 5.56 Å². The number of nitrogens with zero attached hydrogens (tertiary/aromatic N) is 3. The fraction of sp³-hybridized carbons (Fsp3) is 0.562. The number of aryl methyl sites for hydroxylation is 2. The van der Waals surface area contributed by atoms with E-state index in [0.717, 1.165) is 17.0 Å². The Labute approximate surface area is 138 Å². The van der Waals surface area contributed by atoms with Gasteiger partial charge in [-0.1, -0.05) is 0 Å². The van der Waals surface area contributed by atoms with Gasteiger partial charge in [0.1, 0.15) is 12.8 Å². The Morgan fingerprint density at radius 1 is 1.50 bits per heavy atom. The van der Waals surface area contributed by atoms with Crippen LogP contribution in [-0.2, 0) is 16.0 Å². The molecule has 1 aliphatic heterocycles. The minimum atomic E-state index is -0.580. The molecule has 24 heavy (non-hydrogen) atoms. The molecule has 3 rings (SSSR count). The highest BCUT2D eigenvalue weighted by atomic mass is 19.1. The highest BCUT2D eigenvalue weighted by Gasteiger charge is 2.24. The van der Waals surface area contributed by atoms with E-state index in [4.69, 9.17) is 4.74 Å². The molecule has 2 aromatic rings. The zero-order chi connectivity index (χ0) is 17.3. The summed E-state index contributed by atoms with van der Waals surface area (Å²) in [6.45, 7) is 4.36. The summed E-state index contributed by atoms with van der Waals surface area (Å²) in [6.07, 6.45) is 0.325. The Morgan fingerprint density at radius 3 is 3.04 bits per heavy atom. The topological polar surface area (TPSA) is 79.7 Å². The maximum Gasteiger partial charge on any atom is 0.266 e. The van der Waals surface area contributed by atoms with Gasteiger partial charge in [-0.05, 0) is 25.8 Å². The first-order chi connectivity index (χ1) is 11.5. The van der Waals surface area contributed by atoms with Crippen LogP contribution in [0.15, 0.2) is 10.9 Å². The number of nitrogens with one attached hydrogen (secondary N) is 1. The van der Waals surface area contributed by atoms with Crippen molar-refractivity contribution < 1.29 is 13.9 Å². The first kappa shape index (κ1) is 16.6. The van der Waals surface area contributed by atoms with E-state index in [9.17, 15) is 14.0 Å². The molecule has 1 atom stereocenters. The number of aromatic nitrogens is 3. The predicted molar refractivity (Wildman–Crippen MR) is 85.9 cm³/mol. The minimum Gasteiger partial charge on any atom is -0.372 e. The number of fused-ring (bicyclic) bond motifs is 1. The number of morpholine rings is 1. The quantitative estimate of drug-likeness (QED) is 0.894. The lowest BCUT2D eigenvalue weighted by Gasteiger charge is -2.31. The Hall–Kier alpha value is -2.22.